The van der Waals surface area contributed by atoms with Crippen LogP contribution in [0.2, 0.25) is 0 Å². The normalized spacial score (nSPS) is 11.9. The van der Waals surface area contributed by atoms with Crippen molar-refractivity contribution < 1.29 is 14.4 Å². The second kappa shape index (κ2) is 10.0. The van der Waals surface area contributed by atoms with Crippen LogP contribution in [0.3, 0.4) is 0 Å². The molecule has 4 N–H and O–H groups in total. The number of hydrogen-bond donors (Lipinski definition) is 3. The molecule has 0 aliphatic carbocycles. The molecule has 0 aliphatic rings. The number of hydroxylamine groups is 1. The van der Waals surface area contributed by atoms with Crippen LogP contribution in [0.1, 0.15) is 31.7 Å². The molecular formula is C15H23N3O3. The van der Waals surface area contributed by atoms with E-state index in [2.05, 4.69) is 10.2 Å². The SMILES string of the molecule is CC(=N)OC(=O)[C@@H](N)CCCCNOCc1ccccc1. The third-order valence-electron chi connectivity index (χ3n) is 2.78. The maximum absolute atomic E-state index is 11.3. The molecule has 1 rings (SSSR count). The molecule has 0 saturated carbocycles. The van der Waals surface area contributed by atoms with Crippen LogP contribution in [0, 0.1) is 5.41 Å². The topological polar surface area (TPSA) is 97.4 Å². The third-order valence-corrected chi connectivity index (χ3v) is 2.78. The highest BCUT2D eigenvalue weighted by Gasteiger charge is 2.15. The predicted octanol–water partition coefficient (Wildman–Crippen LogP) is 1.75. The van der Waals surface area contributed by atoms with Crippen molar-refractivity contribution in [3.63, 3.8) is 0 Å². The zero-order valence-electron chi connectivity index (χ0n) is 12.3. The first-order valence-electron chi connectivity index (χ1n) is 7.00. The molecule has 116 valence electrons. The lowest BCUT2D eigenvalue weighted by atomic mass is 10.1. The fourth-order valence-corrected chi connectivity index (χ4v) is 1.69. The molecule has 0 aliphatic heterocycles. The lowest BCUT2D eigenvalue weighted by Gasteiger charge is -2.10. The van der Waals surface area contributed by atoms with Crippen molar-refractivity contribution in [3.05, 3.63) is 35.9 Å². The van der Waals surface area contributed by atoms with Gasteiger partial charge in [-0.05, 0) is 24.8 Å². The molecule has 0 radical (unpaired) electrons. The Hall–Kier alpha value is -1.76. The number of hydrogen-bond acceptors (Lipinski definition) is 6. The highest BCUT2D eigenvalue weighted by Crippen LogP contribution is 2.02. The van der Waals surface area contributed by atoms with E-state index in [0.29, 0.717) is 19.6 Å². The van der Waals surface area contributed by atoms with E-state index >= 15 is 0 Å². The minimum absolute atomic E-state index is 0.133. The highest BCUT2D eigenvalue weighted by atomic mass is 16.6. The van der Waals surface area contributed by atoms with Crippen molar-refractivity contribution in [2.75, 3.05) is 6.54 Å². The molecule has 6 heteroatoms. The van der Waals surface area contributed by atoms with Crippen molar-refractivity contribution in [2.24, 2.45) is 5.73 Å². The molecule has 0 bridgehead atoms. The molecule has 1 atom stereocenters. The number of unbranched alkanes of at least 4 members (excludes halogenated alkanes) is 1. The second-order valence-corrected chi connectivity index (χ2v) is 4.75. The van der Waals surface area contributed by atoms with Crippen LogP contribution in [0.4, 0.5) is 0 Å². The van der Waals surface area contributed by atoms with E-state index in [1.165, 1.54) is 6.92 Å². The van der Waals surface area contributed by atoms with Gasteiger partial charge < -0.3 is 10.5 Å². The smallest absolute Gasteiger partial charge is 0.329 e. The molecule has 0 saturated heterocycles. The Morgan fingerprint density at radius 1 is 1.33 bits per heavy atom. The highest BCUT2D eigenvalue weighted by molar-refractivity contribution is 5.88. The fraction of sp³-hybridized carbons (Fsp3) is 0.467. The van der Waals surface area contributed by atoms with Gasteiger partial charge in [-0.15, -0.1) is 0 Å². The van der Waals surface area contributed by atoms with Crippen molar-refractivity contribution >= 4 is 11.9 Å². The monoisotopic (exact) mass is 293 g/mol. The summed E-state index contributed by atoms with van der Waals surface area (Å²) in [5.74, 6) is -0.679. The van der Waals surface area contributed by atoms with Crippen LogP contribution in [0.15, 0.2) is 30.3 Å². The Bertz CT molecular complexity index is 437. The fourth-order valence-electron chi connectivity index (χ4n) is 1.69. The molecule has 1 aromatic carbocycles. The summed E-state index contributed by atoms with van der Waals surface area (Å²) in [6.45, 7) is 2.61. The van der Waals surface area contributed by atoms with E-state index in [1.807, 2.05) is 30.3 Å². The van der Waals surface area contributed by atoms with E-state index in [0.717, 1.165) is 18.4 Å². The van der Waals surface area contributed by atoms with Crippen molar-refractivity contribution in [1.29, 1.82) is 5.41 Å². The van der Waals surface area contributed by atoms with Crippen molar-refractivity contribution in [3.8, 4) is 0 Å². The first kappa shape index (κ1) is 17.3. The summed E-state index contributed by atoms with van der Waals surface area (Å²) in [4.78, 5) is 16.7. The summed E-state index contributed by atoms with van der Waals surface area (Å²) in [6, 6.07) is 9.22. The summed E-state index contributed by atoms with van der Waals surface area (Å²) in [5, 5.41) is 7.05. The van der Waals surface area contributed by atoms with Gasteiger partial charge in [-0.1, -0.05) is 30.3 Å². The van der Waals surface area contributed by atoms with Crippen molar-refractivity contribution in [2.45, 2.75) is 38.8 Å². The summed E-state index contributed by atoms with van der Waals surface area (Å²) in [6.07, 6.45) is 2.17. The standard InChI is InChI=1S/C15H23N3O3/c1-12(16)21-15(19)14(17)9-5-6-10-18-20-11-13-7-3-2-4-8-13/h2-4,7-8,14,16,18H,5-6,9-11,17H2,1H3/t14-/m0/s1. The number of nitrogens with two attached hydrogens (primary N) is 1. The van der Waals surface area contributed by atoms with Crippen LogP contribution in [0.5, 0.6) is 0 Å². The molecule has 0 fully saturated rings. The Labute approximate surface area is 125 Å². The van der Waals surface area contributed by atoms with Gasteiger partial charge in [0.15, 0.2) is 5.90 Å². The molecule has 1 aromatic rings. The Morgan fingerprint density at radius 3 is 2.71 bits per heavy atom. The number of ether oxygens (including phenoxy) is 1. The van der Waals surface area contributed by atoms with Crippen LogP contribution in [-0.4, -0.2) is 24.5 Å². The first-order valence-corrected chi connectivity index (χ1v) is 7.00. The minimum atomic E-state index is -0.671. The number of carbonyl (C=O) groups excluding carboxylic acids is 1. The summed E-state index contributed by atoms with van der Waals surface area (Å²) in [5.41, 5.74) is 9.65. The Morgan fingerprint density at radius 2 is 2.05 bits per heavy atom. The predicted molar refractivity (Wildman–Crippen MR) is 80.6 cm³/mol. The van der Waals surface area contributed by atoms with E-state index < -0.39 is 12.0 Å². The molecule has 21 heavy (non-hydrogen) atoms. The van der Waals surface area contributed by atoms with Gasteiger partial charge in [0.05, 0.1) is 6.61 Å². The maximum Gasteiger partial charge on any atom is 0.329 e. The number of carbonyl (C=O) groups is 1. The van der Waals surface area contributed by atoms with Crippen molar-refractivity contribution in [1.82, 2.24) is 5.48 Å². The maximum atomic E-state index is 11.3. The zero-order chi connectivity index (χ0) is 15.5. The lowest BCUT2D eigenvalue weighted by Crippen LogP contribution is -2.33. The molecular weight excluding hydrogens is 270 g/mol. The molecule has 0 unspecified atom stereocenters. The van der Waals surface area contributed by atoms with Gasteiger partial charge in [0, 0.05) is 13.5 Å². The summed E-state index contributed by atoms with van der Waals surface area (Å²) in [7, 11) is 0. The number of rotatable bonds is 9. The average molecular weight is 293 g/mol. The largest absolute Gasteiger partial charge is 0.411 e. The van der Waals surface area contributed by atoms with Crippen LogP contribution >= 0.6 is 0 Å². The van der Waals surface area contributed by atoms with Gasteiger partial charge in [0.2, 0.25) is 0 Å². The van der Waals surface area contributed by atoms with Gasteiger partial charge >= 0.3 is 5.97 Å². The molecule has 6 nitrogen and oxygen atoms in total. The van der Waals surface area contributed by atoms with Gasteiger partial charge in [0.1, 0.15) is 6.04 Å². The number of nitrogens with one attached hydrogen (secondary N) is 2. The Balaban J connectivity index is 1.99. The van der Waals surface area contributed by atoms with Crippen LogP contribution < -0.4 is 11.2 Å². The number of benzene rings is 1. The second-order valence-electron chi connectivity index (χ2n) is 4.75. The third kappa shape index (κ3) is 8.19. The van der Waals surface area contributed by atoms with E-state index in [9.17, 15) is 4.79 Å². The molecule has 0 heterocycles. The lowest BCUT2D eigenvalue weighted by molar-refractivity contribution is -0.137. The minimum Gasteiger partial charge on any atom is -0.411 e. The van der Waals surface area contributed by atoms with Gasteiger partial charge in [-0.3, -0.25) is 10.2 Å². The van der Waals surface area contributed by atoms with E-state index in [4.69, 9.17) is 16.0 Å². The zero-order valence-corrected chi connectivity index (χ0v) is 12.3. The molecule has 0 spiro atoms. The quantitative estimate of drug-likeness (QED) is 0.212. The molecule has 0 amide bonds. The summed E-state index contributed by atoms with van der Waals surface area (Å²) >= 11 is 0. The van der Waals surface area contributed by atoms with Gasteiger partial charge in [-0.25, -0.2) is 10.3 Å². The summed E-state index contributed by atoms with van der Waals surface area (Å²) < 4.78 is 4.64. The van der Waals surface area contributed by atoms with E-state index in [-0.39, 0.29) is 5.90 Å². The molecule has 0 aromatic heterocycles. The van der Waals surface area contributed by atoms with Crippen LogP contribution in [-0.2, 0) is 21.0 Å². The van der Waals surface area contributed by atoms with Gasteiger partial charge in [0.25, 0.3) is 0 Å². The number of esters is 1. The Kier molecular flexibility index (Phi) is 8.27. The van der Waals surface area contributed by atoms with Gasteiger partial charge in [-0.2, -0.15) is 0 Å². The first-order chi connectivity index (χ1) is 10.1. The van der Waals surface area contributed by atoms with Crippen LogP contribution in [0.25, 0.3) is 0 Å². The average Bonchev–Trinajstić information content (AvgIpc) is 2.46. The van der Waals surface area contributed by atoms with E-state index in [1.54, 1.807) is 0 Å².